The Morgan fingerprint density at radius 1 is 1.00 bits per heavy atom. The molecule has 0 N–H and O–H groups in total. The van der Waals surface area contributed by atoms with Crippen LogP contribution in [0, 0.1) is 5.41 Å². The largest absolute Gasteiger partial charge is 0.293 e. The van der Waals surface area contributed by atoms with Crippen LogP contribution in [0.15, 0.2) is 28.3 Å². The summed E-state index contributed by atoms with van der Waals surface area (Å²) in [6.07, 6.45) is 4.26. The standard InChI is InChI=1S/C13H23N/c1-10(2)11(3)8-9-12(14-7)13(4,5)6/h8-9H,1-7H3/b9-8-,14-12+. The van der Waals surface area contributed by atoms with E-state index in [1.54, 1.807) is 0 Å². The molecule has 0 aliphatic heterocycles. The molecule has 0 aromatic heterocycles. The minimum atomic E-state index is 0.132. The summed E-state index contributed by atoms with van der Waals surface area (Å²) < 4.78 is 0. The Morgan fingerprint density at radius 2 is 1.50 bits per heavy atom. The first-order valence-electron chi connectivity index (χ1n) is 5.08. The van der Waals surface area contributed by atoms with E-state index in [1.807, 2.05) is 7.05 Å². The predicted molar refractivity (Wildman–Crippen MR) is 66.0 cm³/mol. The number of hydrogen-bond acceptors (Lipinski definition) is 1. The molecule has 0 unspecified atom stereocenters. The van der Waals surface area contributed by atoms with E-state index in [9.17, 15) is 0 Å². The third-order valence-electron chi connectivity index (χ3n) is 2.29. The third kappa shape index (κ3) is 4.40. The van der Waals surface area contributed by atoms with Gasteiger partial charge in [0.1, 0.15) is 0 Å². The highest BCUT2D eigenvalue weighted by Gasteiger charge is 2.14. The molecule has 0 aromatic rings. The van der Waals surface area contributed by atoms with Gasteiger partial charge in [-0.15, -0.1) is 0 Å². The monoisotopic (exact) mass is 193 g/mol. The van der Waals surface area contributed by atoms with Crippen LogP contribution in [0.25, 0.3) is 0 Å². The number of nitrogens with zero attached hydrogens (tertiary/aromatic N) is 1. The lowest BCUT2D eigenvalue weighted by Crippen LogP contribution is -2.17. The molecule has 0 fully saturated rings. The second kappa shape index (κ2) is 5.14. The molecule has 0 rings (SSSR count). The molecule has 1 nitrogen and oxygen atoms in total. The Labute approximate surface area is 88.6 Å². The molecule has 80 valence electrons. The summed E-state index contributed by atoms with van der Waals surface area (Å²) in [4.78, 5) is 4.30. The summed E-state index contributed by atoms with van der Waals surface area (Å²) in [6, 6.07) is 0. The van der Waals surface area contributed by atoms with Crippen molar-refractivity contribution in [1.29, 1.82) is 0 Å². The van der Waals surface area contributed by atoms with E-state index in [1.165, 1.54) is 11.1 Å². The van der Waals surface area contributed by atoms with Crippen LogP contribution in [-0.4, -0.2) is 12.8 Å². The van der Waals surface area contributed by atoms with Gasteiger partial charge in [0.25, 0.3) is 0 Å². The Kier molecular flexibility index (Phi) is 4.82. The maximum absolute atomic E-state index is 4.30. The maximum Gasteiger partial charge on any atom is 0.0398 e. The molecule has 0 heterocycles. The first-order valence-corrected chi connectivity index (χ1v) is 5.08. The van der Waals surface area contributed by atoms with Gasteiger partial charge in [0.15, 0.2) is 0 Å². The van der Waals surface area contributed by atoms with Crippen molar-refractivity contribution in [3.05, 3.63) is 23.3 Å². The minimum Gasteiger partial charge on any atom is -0.293 e. The normalized spacial score (nSPS) is 13.5. The van der Waals surface area contributed by atoms with E-state index in [-0.39, 0.29) is 5.41 Å². The fourth-order valence-corrected chi connectivity index (χ4v) is 1.03. The van der Waals surface area contributed by atoms with Gasteiger partial charge in [-0.25, -0.2) is 0 Å². The SMILES string of the molecule is C/N=C(\C=C/C(C)=C(C)C)C(C)(C)C. The Balaban J connectivity index is 4.76. The van der Waals surface area contributed by atoms with Gasteiger partial charge in [-0.05, 0) is 26.8 Å². The van der Waals surface area contributed by atoms with Crippen molar-refractivity contribution in [2.24, 2.45) is 10.4 Å². The Morgan fingerprint density at radius 3 is 1.79 bits per heavy atom. The van der Waals surface area contributed by atoms with Crippen molar-refractivity contribution in [2.45, 2.75) is 41.5 Å². The molecule has 0 spiro atoms. The second-order valence-electron chi connectivity index (χ2n) is 4.88. The molecule has 0 aromatic carbocycles. The average molecular weight is 193 g/mol. The van der Waals surface area contributed by atoms with Crippen molar-refractivity contribution >= 4 is 5.71 Å². The number of rotatable bonds is 2. The number of aliphatic imine (C=N–C) groups is 1. The van der Waals surface area contributed by atoms with Gasteiger partial charge in [-0.2, -0.15) is 0 Å². The molecule has 0 bridgehead atoms. The highest BCUT2D eigenvalue weighted by atomic mass is 14.7. The highest BCUT2D eigenvalue weighted by molar-refractivity contribution is 5.99. The van der Waals surface area contributed by atoms with Crippen LogP contribution in [0.4, 0.5) is 0 Å². The molecule has 0 saturated heterocycles. The van der Waals surface area contributed by atoms with Crippen LogP contribution >= 0.6 is 0 Å². The van der Waals surface area contributed by atoms with Gasteiger partial charge in [-0.1, -0.05) is 38.0 Å². The number of hydrogen-bond donors (Lipinski definition) is 0. The maximum atomic E-state index is 4.30. The van der Waals surface area contributed by atoms with Gasteiger partial charge in [0.2, 0.25) is 0 Å². The van der Waals surface area contributed by atoms with E-state index in [4.69, 9.17) is 0 Å². The summed E-state index contributed by atoms with van der Waals surface area (Å²) >= 11 is 0. The minimum absolute atomic E-state index is 0.132. The zero-order valence-electron chi connectivity index (χ0n) is 10.6. The van der Waals surface area contributed by atoms with Crippen LogP contribution < -0.4 is 0 Å². The molecular formula is C13H23N. The first-order chi connectivity index (χ1) is 6.29. The lowest BCUT2D eigenvalue weighted by atomic mass is 9.89. The fraction of sp³-hybridized carbons (Fsp3) is 0.615. The molecule has 0 atom stereocenters. The predicted octanol–water partition coefficient (Wildman–Crippen LogP) is 4.02. The molecule has 0 saturated carbocycles. The van der Waals surface area contributed by atoms with Gasteiger partial charge in [0.05, 0.1) is 0 Å². The van der Waals surface area contributed by atoms with Crippen LogP contribution in [0.5, 0.6) is 0 Å². The highest BCUT2D eigenvalue weighted by Crippen LogP contribution is 2.17. The average Bonchev–Trinajstić information content (AvgIpc) is 2.02. The second-order valence-corrected chi connectivity index (χ2v) is 4.88. The summed E-state index contributed by atoms with van der Waals surface area (Å²) in [5.74, 6) is 0. The smallest absolute Gasteiger partial charge is 0.0398 e. The fourth-order valence-electron chi connectivity index (χ4n) is 1.03. The molecule has 0 aliphatic rings. The van der Waals surface area contributed by atoms with Crippen LogP contribution in [0.1, 0.15) is 41.5 Å². The Hall–Kier alpha value is -0.850. The van der Waals surface area contributed by atoms with Crippen LogP contribution in [0.2, 0.25) is 0 Å². The van der Waals surface area contributed by atoms with Crippen molar-refractivity contribution in [3.8, 4) is 0 Å². The lowest BCUT2D eigenvalue weighted by Gasteiger charge is -2.18. The van der Waals surface area contributed by atoms with Crippen molar-refractivity contribution in [1.82, 2.24) is 0 Å². The molecule has 1 heteroatoms. The zero-order valence-corrected chi connectivity index (χ0v) is 10.6. The van der Waals surface area contributed by atoms with Crippen molar-refractivity contribution in [3.63, 3.8) is 0 Å². The molecule has 0 radical (unpaired) electrons. The summed E-state index contributed by atoms with van der Waals surface area (Å²) in [6.45, 7) is 12.9. The van der Waals surface area contributed by atoms with Crippen molar-refractivity contribution < 1.29 is 0 Å². The quantitative estimate of drug-likeness (QED) is 0.464. The van der Waals surface area contributed by atoms with Crippen LogP contribution in [0.3, 0.4) is 0 Å². The number of allylic oxidation sites excluding steroid dienone is 4. The summed E-state index contributed by atoms with van der Waals surface area (Å²) in [7, 11) is 1.85. The van der Waals surface area contributed by atoms with Gasteiger partial charge >= 0.3 is 0 Å². The van der Waals surface area contributed by atoms with Gasteiger partial charge < -0.3 is 0 Å². The van der Waals surface area contributed by atoms with Gasteiger partial charge in [0, 0.05) is 18.2 Å². The van der Waals surface area contributed by atoms with Gasteiger partial charge in [-0.3, -0.25) is 4.99 Å². The van der Waals surface area contributed by atoms with Crippen molar-refractivity contribution in [2.75, 3.05) is 7.05 Å². The lowest BCUT2D eigenvalue weighted by molar-refractivity contribution is 0.593. The zero-order chi connectivity index (χ0) is 11.4. The third-order valence-corrected chi connectivity index (χ3v) is 2.29. The van der Waals surface area contributed by atoms with E-state index < -0.39 is 0 Å². The molecule has 14 heavy (non-hydrogen) atoms. The van der Waals surface area contributed by atoms with E-state index >= 15 is 0 Å². The summed E-state index contributed by atoms with van der Waals surface area (Å²) in [5.41, 5.74) is 3.94. The van der Waals surface area contributed by atoms with E-state index in [0.717, 1.165) is 5.71 Å². The Bertz CT molecular complexity index is 268. The van der Waals surface area contributed by atoms with E-state index in [0.29, 0.717) is 0 Å². The first kappa shape index (κ1) is 13.2. The topological polar surface area (TPSA) is 12.4 Å². The molecule has 0 aliphatic carbocycles. The van der Waals surface area contributed by atoms with Crippen LogP contribution in [-0.2, 0) is 0 Å². The molecular weight excluding hydrogens is 170 g/mol. The molecule has 0 amide bonds. The summed E-state index contributed by atoms with van der Waals surface area (Å²) in [5, 5.41) is 0. The van der Waals surface area contributed by atoms with E-state index in [2.05, 4.69) is 58.7 Å².